The van der Waals surface area contributed by atoms with Gasteiger partial charge >= 0.3 is 0 Å². The normalized spacial score (nSPS) is 11.2. The largest absolute Gasteiger partial charge is 0.354 e. The van der Waals surface area contributed by atoms with E-state index in [1.165, 1.54) is 11.1 Å². The molecule has 5 nitrogen and oxygen atoms in total. The summed E-state index contributed by atoms with van der Waals surface area (Å²) in [4.78, 5) is 12.2. The molecule has 0 unspecified atom stereocenters. The van der Waals surface area contributed by atoms with Gasteiger partial charge in [0.05, 0.1) is 11.9 Å². The first-order valence-corrected chi connectivity index (χ1v) is 12.5. The first-order valence-electron chi connectivity index (χ1n) is 8.39. The molecule has 0 aromatic heterocycles. The van der Waals surface area contributed by atoms with Crippen LogP contribution in [0, 0.1) is 10.5 Å². The van der Waals surface area contributed by atoms with Gasteiger partial charge in [0, 0.05) is 21.6 Å². The minimum atomic E-state index is -3.54. The summed E-state index contributed by atoms with van der Waals surface area (Å²) in [5.41, 5.74) is 2.97. The number of rotatable bonds is 9. The summed E-state index contributed by atoms with van der Waals surface area (Å²) in [5.74, 6) is 1.34. The van der Waals surface area contributed by atoms with Gasteiger partial charge in [0.15, 0.2) is 0 Å². The highest BCUT2D eigenvalue weighted by molar-refractivity contribution is 14.1. The standard InChI is InChI=1S/C19H23IN2O3S2/c1-15-3-5-16(6-4-15)14-26-12-11-21-19(23)13-22(27(2,24)25)18-9-7-17(20)8-10-18/h3-10H,11-14H2,1-2H3,(H,21,23). The number of hydrogen-bond acceptors (Lipinski definition) is 4. The Kier molecular flexibility index (Phi) is 8.43. The molecule has 0 heterocycles. The molecule has 0 aliphatic heterocycles. The third kappa shape index (κ3) is 7.71. The van der Waals surface area contributed by atoms with Crippen LogP contribution >= 0.6 is 34.4 Å². The maximum atomic E-state index is 12.2. The maximum absolute atomic E-state index is 12.2. The molecule has 0 saturated heterocycles. The number of thioether (sulfide) groups is 1. The van der Waals surface area contributed by atoms with Crippen molar-refractivity contribution in [3.05, 3.63) is 63.2 Å². The Labute approximate surface area is 179 Å². The van der Waals surface area contributed by atoms with Crippen molar-refractivity contribution >= 4 is 56.0 Å². The molecule has 0 atom stereocenters. The van der Waals surface area contributed by atoms with Crippen LogP contribution in [-0.2, 0) is 20.6 Å². The summed E-state index contributed by atoms with van der Waals surface area (Å²) < 4.78 is 26.2. The van der Waals surface area contributed by atoms with Crippen LogP contribution in [0.15, 0.2) is 48.5 Å². The number of halogens is 1. The Balaban J connectivity index is 1.80. The van der Waals surface area contributed by atoms with E-state index in [2.05, 4.69) is 59.1 Å². The van der Waals surface area contributed by atoms with Crippen molar-refractivity contribution in [3.63, 3.8) is 0 Å². The topological polar surface area (TPSA) is 66.5 Å². The molecule has 2 rings (SSSR count). The van der Waals surface area contributed by atoms with E-state index in [9.17, 15) is 13.2 Å². The Bertz CT molecular complexity index is 854. The number of amides is 1. The van der Waals surface area contributed by atoms with Gasteiger partial charge in [-0.15, -0.1) is 0 Å². The molecule has 8 heteroatoms. The van der Waals surface area contributed by atoms with Gasteiger partial charge in [-0.1, -0.05) is 29.8 Å². The number of hydrogen-bond donors (Lipinski definition) is 1. The molecule has 2 aromatic rings. The zero-order chi connectivity index (χ0) is 19.9. The summed E-state index contributed by atoms with van der Waals surface area (Å²) in [5, 5.41) is 2.79. The van der Waals surface area contributed by atoms with Gasteiger partial charge in [0.25, 0.3) is 0 Å². The van der Waals surface area contributed by atoms with Crippen molar-refractivity contribution in [2.45, 2.75) is 12.7 Å². The van der Waals surface area contributed by atoms with Gasteiger partial charge in [-0.2, -0.15) is 11.8 Å². The van der Waals surface area contributed by atoms with Crippen LogP contribution in [0.25, 0.3) is 0 Å². The monoisotopic (exact) mass is 518 g/mol. The highest BCUT2D eigenvalue weighted by Gasteiger charge is 2.20. The number of nitrogens with one attached hydrogen (secondary N) is 1. The predicted octanol–water partition coefficient (Wildman–Crippen LogP) is 3.42. The molecular formula is C19H23IN2O3S2. The molecule has 0 aliphatic rings. The predicted molar refractivity (Wildman–Crippen MR) is 122 cm³/mol. The highest BCUT2D eigenvalue weighted by Crippen LogP contribution is 2.19. The molecule has 0 bridgehead atoms. The van der Waals surface area contributed by atoms with E-state index < -0.39 is 10.0 Å². The summed E-state index contributed by atoms with van der Waals surface area (Å²) in [6.45, 7) is 2.34. The van der Waals surface area contributed by atoms with Gasteiger partial charge in [-0.05, 0) is 59.3 Å². The van der Waals surface area contributed by atoms with Crippen molar-refractivity contribution in [2.75, 3.05) is 29.4 Å². The molecule has 146 valence electrons. The number of nitrogens with zero attached hydrogens (tertiary/aromatic N) is 1. The number of sulfonamides is 1. The van der Waals surface area contributed by atoms with E-state index in [4.69, 9.17) is 0 Å². The molecule has 0 aliphatic carbocycles. The molecule has 0 saturated carbocycles. The number of anilines is 1. The average molecular weight is 518 g/mol. The molecule has 2 aromatic carbocycles. The fraction of sp³-hybridized carbons (Fsp3) is 0.316. The lowest BCUT2D eigenvalue weighted by Crippen LogP contribution is -2.41. The number of aryl methyl sites for hydroxylation is 1. The lowest BCUT2D eigenvalue weighted by Gasteiger charge is -2.22. The van der Waals surface area contributed by atoms with Crippen LogP contribution in [-0.4, -0.2) is 39.4 Å². The Morgan fingerprint density at radius 1 is 1.11 bits per heavy atom. The second kappa shape index (κ2) is 10.3. The van der Waals surface area contributed by atoms with E-state index in [1.54, 1.807) is 23.9 Å². The van der Waals surface area contributed by atoms with E-state index in [0.29, 0.717) is 12.2 Å². The third-order valence-corrected chi connectivity index (χ3v) is 6.65. The van der Waals surface area contributed by atoms with Crippen LogP contribution in [0.2, 0.25) is 0 Å². The first-order chi connectivity index (χ1) is 12.8. The van der Waals surface area contributed by atoms with Gasteiger partial charge < -0.3 is 5.32 Å². The second-order valence-corrected chi connectivity index (χ2v) is 10.4. The number of carbonyl (C=O) groups is 1. The number of carbonyl (C=O) groups excluding carboxylic acids is 1. The van der Waals surface area contributed by atoms with Crippen LogP contribution < -0.4 is 9.62 Å². The van der Waals surface area contributed by atoms with E-state index >= 15 is 0 Å². The first kappa shape index (κ1) is 22.0. The minimum Gasteiger partial charge on any atom is -0.354 e. The Hall–Kier alpha value is -1.26. The molecule has 0 radical (unpaired) electrons. The summed E-state index contributed by atoms with van der Waals surface area (Å²) in [6.07, 6.45) is 1.11. The van der Waals surface area contributed by atoms with Crippen LogP contribution in [0.3, 0.4) is 0 Å². The highest BCUT2D eigenvalue weighted by atomic mass is 127. The van der Waals surface area contributed by atoms with Crippen molar-refractivity contribution in [2.24, 2.45) is 0 Å². The number of benzene rings is 2. The summed E-state index contributed by atoms with van der Waals surface area (Å²) in [7, 11) is -3.54. The van der Waals surface area contributed by atoms with Crippen LogP contribution in [0.5, 0.6) is 0 Å². The second-order valence-electron chi connectivity index (χ2n) is 6.13. The van der Waals surface area contributed by atoms with Crippen molar-refractivity contribution in [1.82, 2.24) is 5.32 Å². The molecule has 27 heavy (non-hydrogen) atoms. The summed E-state index contributed by atoms with van der Waals surface area (Å²) >= 11 is 3.88. The third-order valence-electron chi connectivity index (χ3n) is 3.76. The molecule has 0 fully saturated rings. The lowest BCUT2D eigenvalue weighted by atomic mass is 10.2. The van der Waals surface area contributed by atoms with Gasteiger partial charge in [-0.3, -0.25) is 9.10 Å². The van der Waals surface area contributed by atoms with Crippen molar-refractivity contribution < 1.29 is 13.2 Å². The Morgan fingerprint density at radius 2 is 1.74 bits per heavy atom. The zero-order valence-electron chi connectivity index (χ0n) is 15.3. The van der Waals surface area contributed by atoms with Gasteiger partial charge in [0.1, 0.15) is 6.54 Å². The smallest absolute Gasteiger partial charge is 0.240 e. The summed E-state index contributed by atoms with van der Waals surface area (Å²) in [6, 6.07) is 15.4. The van der Waals surface area contributed by atoms with Crippen molar-refractivity contribution in [3.8, 4) is 0 Å². The SMILES string of the molecule is Cc1ccc(CSCCNC(=O)CN(c2ccc(I)cc2)S(C)(=O)=O)cc1. The van der Waals surface area contributed by atoms with E-state index in [1.807, 2.05) is 12.1 Å². The average Bonchev–Trinajstić information content (AvgIpc) is 2.61. The Morgan fingerprint density at radius 3 is 2.33 bits per heavy atom. The van der Waals surface area contributed by atoms with Crippen LogP contribution in [0.1, 0.15) is 11.1 Å². The quantitative estimate of drug-likeness (QED) is 0.408. The van der Waals surface area contributed by atoms with Crippen LogP contribution in [0.4, 0.5) is 5.69 Å². The molecule has 0 spiro atoms. The molecule has 1 amide bonds. The maximum Gasteiger partial charge on any atom is 0.240 e. The van der Waals surface area contributed by atoms with E-state index in [0.717, 1.165) is 25.6 Å². The minimum absolute atomic E-state index is 0.220. The lowest BCUT2D eigenvalue weighted by molar-refractivity contribution is -0.119. The molecule has 1 N–H and O–H groups in total. The van der Waals surface area contributed by atoms with Crippen molar-refractivity contribution in [1.29, 1.82) is 0 Å². The fourth-order valence-electron chi connectivity index (χ4n) is 2.33. The molecular weight excluding hydrogens is 495 g/mol. The van der Waals surface area contributed by atoms with Gasteiger partial charge in [-0.25, -0.2) is 8.42 Å². The van der Waals surface area contributed by atoms with E-state index in [-0.39, 0.29) is 12.5 Å². The zero-order valence-corrected chi connectivity index (χ0v) is 19.1. The van der Waals surface area contributed by atoms with Gasteiger partial charge in [0.2, 0.25) is 15.9 Å². The fourth-order valence-corrected chi connectivity index (χ4v) is 4.37.